The summed E-state index contributed by atoms with van der Waals surface area (Å²) in [6.45, 7) is 1.60. The molecule has 1 amide bonds. The van der Waals surface area contributed by atoms with Crippen LogP contribution in [0.5, 0.6) is 5.75 Å². The summed E-state index contributed by atoms with van der Waals surface area (Å²) in [5.41, 5.74) is 2.82. The fourth-order valence-electron chi connectivity index (χ4n) is 3.32. The van der Waals surface area contributed by atoms with Crippen molar-refractivity contribution in [2.24, 2.45) is 0 Å². The first kappa shape index (κ1) is 23.0. The third-order valence-electron chi connectivity index (χ3n) is 5.28. The van der Waals surface area contributed by atoms with Gasteiger partial charge in [0.05, 0.1) is 12.8 Å². The van der Waals surface area contributed by atoms with Gasteiger partial charge in [0.25, 0.3) is 5.91 Å². The van der Waals surface area contributed by atoms with Crippen molar-refractivity contribution in [3.8, 4) is 16.9 Å². The second kappa shape index (κ2) is 9.75. The summed E-state index contributed by atoms with van der Waals surface area (Å²) in [6.07, 6.45) is 1.42. The summed E-state index contributed by atoms with van der Waals surface area (Å²) >= 11 is 0. The number of nitrogens with zero attached hydrogens (tertiary/aromatic N) is 6. The number of rotatable bonds is 7. The smallest absolute Gasteiger partial charge is 0.283 e. The molecule has 9 nitrogen and oxygen atoms in total. The van der Waals surface area contributed by atoms with Crippen molar-refractivity contribution in [2.45, 2.75) is 6.92 Å². The lowest BCUT2D eigenvalue weighted by Gasteiger charge is -2.20. The molecular formula is C24H23FN6O3. The number of hydroxylamine groups is 2. The second-order valence-corrected chi connectivity index (χ2v) is 7.53. The fraction of sp³-hybridized carbons (Fsp3) is 0.208. The van der Waals surface area contributed by atoms with Gasteiger partial charge in [0, 0.05) is 19.5 Å². The number of hydrogen-bond donors (Lipinski definition) is 0. The molecule has 0 saturated heterocycles. The van der Waals surface area contributed by atoms with Gasteiger partial charge in [0.2, 0.25) is 0 Å². The van der Waals surface area contributed by atoms with E-state index in [0.717, 1.165) is 21.9 Å². The Labute approximate surface area is 195 Å². The number of carbonyl (C=O) groups excluding carboxylic acids is 1. The van der Waals surface area contributed by atoms with Crippen molar-refractivity contribution in [3.05, 3.63) is 66.4 Å². The van der Waals surface area contributed by atoms with Gasteiger partial charge in [-0.25, -0.2) is 19.4 Å². The molecule has 0 aliphatic heterocycles. The number of likely N-dealkylation sites (N-methyl/N-ethyl adjacent to an activating group) is 1. The molecule has 0 radical (unpaired) electrons. The van der Waals surface area contributed by atoms with Crippen LogP contribution in [0.4, 0.5) is 16.0 Å². The molecule has 0 spiro atoms. The van der Waals surface area contributed by atoms with E-state index in [1.807, 2.05) is 32.2 Å². The molecule has 0 aliphatic carbocycles. The largest absolute Gasteiger partial charge is 0.481 e. The fourth-order valence-corrected chi connectivity index (χ4v) is 3.32. The Hall–Kier alpha value is -4.18. The number of halogens is 1. The zero-order valence-electron chi connectivity index (χ0n) is 19.2. The average Bonchev–Trinajstić information content (AvgIpc) is 2.86. The van der Waals surface area contributed by atoms with Gasteiger partial charge < -0.3 is 9.64 Å². The number of ether oxygens (including phenoxy) is 1. The molecule has 2 aromatic heterocycles. The molecule has 0 bridgehead atoms. The number of carbonyl (C=O) groups is 1. The van der Waals surface area contributed by atoms with Gasteiger partial charge in [-0.05, 0) is 54.4 Å². The van der Waals surface area contributed by atoms with Gasteiger partial charge in [-0.3, -0.25) is 9.63 Å². The van der Waals surface area contributed by atoms with Crippen molar-refractivity contribution in [1.82, 2.24) is 25.2 Å². The zero-order chi connectivity index (χ0) is 24.2. The van der Waals surface area contributed by atoms with Crippen LogP contribution in [-0.4, -0.2) is 58.9 Å². The Bertz CT molecular complexity index is 1320. The Kier molecular flexibility index (Phi) is 6.60. The first-order chi connectivity index (χ1) is 16.4. The number of benzene rings is 2. The minimum atomic E-state index is -0.371. The highest BCUT2D eigenvalue weighted by atomic mass is 19.1. The van der Waals surface area contributed by atoms with Crippen molar-refractivity contribution < 1.29 is 18.8 Å². The van der Waals surface area contributed by atoms with Crippen LogP contribution in [0.3, 0.4) is 0 Å². The Balaban J connectivity index is 1.84. The minimum absolute atomic E-state index is 0.259. The second-order valence-electron chi connectivity index (χ2n) is 7.53. The predicted octanol–water partition coefficient (Wildman–Crippen LogP) is 3.70. The van der Waals surface area contributed by atoms with Gasteiger partial charge in [-0.15, -0.1) is 5.10 Å². The molecule has 0 fully saturated rings. The summed E-state index contributed by atoms with van der Waals surface area (Å²) in [4.78, 5) is 27.8. The molecule has 0 N–H and O–H groups in total. The highest BCUT2D eigenvalue weighted by Gasteiger charge is 2.18. The Morgan fingerprint density at radius 1 is 1.00 bits per heavy atom. The van der Waals surface area contributed by atoms with E-state index in [1.54, 1.807) is 23.1 Å². The summed E-state index contributed by atoms with van der Waals surface area (Å²) < 4.78 is 19.4. The van der Waals surface area contributed by atoms with E-state index >= 15 is 0 Å². The van der Waals surface area contributed by atoms with Gasteiger partial charge >= 0.3 is 0 Å². The van der Waals surface area contributed by atoms with Gasteiger partial charge in [0.15, 0.2) is 12.4 Å². The zero-order valence-corrected chi connectivity index (χ0v) is 19.2. The van der Waals surface area contributed by atoms with Crippen molar-refractivity contribution in [2.75, 3.05) is 32.7 Å². The number of fused-ring (bicyclic) bond motifs is 1. The van der Waals surface area contributed by atoms with Crippen LogP contribution in [0.15, 0.2) is 54.9 Å². The van der Waals surface area contributed by atoms with Crippen LogP contribution in [-0.2, 0) is 9.63 Å². The van der Waals surface area contributed by atoms with E-state index in [4.69, 9.17) is 9.57 Å². The Morgan fingerprint density at radius 2 is 1.76 bits per heavy atom. The van der Waals surface area contributed by atoms with Crippen molar-refractivity contribution >= 4 is 28.4 Å². The van der Waals surface area contributed by atoms with E-state index in [9.17, 15) is 9.18 Å². The first-order valence-corrected chi connectivity index (χ1v) is 10.4. The minimum Gasteiger partial charge on any atom is -0.481 e. The predicted molar refractivity (Wildman–Crippen MR) is 125 cm³/mol. The standard InChI is InChI=1S/C24H23FN6O3/c1-15-5-10-21(29-28-15)30(2)24-19-11-17(16-6-8-18(25)9-7-16)12-20(23(19)26-14-27-24)34-13-22(32)31(3)33-4/h5-12,14H,13H2,1-4H3. The molecule has 0 unspecified atom stereocenters. The summed E-state index contributed by atoms with van der Waals surface area (Å²) in [6, 6.07) is 13.5. The number of hydrogen-bond acceptors (Lipinski definition) is 8. The monoisotopic (exact) mass is 462 g/mol. The molecule has 174 valence electrons. The summed E-state index contributed by atoms with van der Waals surface area (Å²) in [5.74, 6) is 0.830. The molecule has 4 aromatic rings. The van der Waals surface area contributed by atoms with E-state index in [-0.39, 0.29) is 18.3 Å². The number of aryl methyl sites for hydroxylation is 1. The lowest BCUT2D eigenvalue weighted by molar-refractivity contribution is -0.170. The normalized spacial score (nSPS) is 10.9. The van der Waals surface area contributed by atoms with Gasteiger partial charge in [-0.1, -0.05) is 12.1 Å². The average molecular weight is 462 g/mol. The SMILES string of the molecule is CON(C)C(=O)COc1cc(-c2ccc(F)cc2)cc2c(N(C)c3ccc(C)nn3)ncnc12. The number of amides is 1. The quantitative estimate of drug-likeness (QED) is 0.384. The van der Waals surface area contributed by atoms with Crippen LogP contribution in [0, 0.1) is 12.7 Å². The van der Waals surface area contributed by atoms with Crippen LogP contribution in [0.2, 0.25) is 0 Å². The summed E-state index contributed by atoms with van der Waals surface area (Å²) in [5, 5.41) is 10.1. The molecule has 0 saturated carbocycles. The molecule has 2 aromatic carbocycles. The molecule has 4 rings (SSSR count). The van der Waals surface area contributed by atoms with E-state index in [0.29, 0.717) is 28.3 Å². The lowest BCUT2D eigenvalue weighted by Crippen LogP contribution is -2.30. The van der Waals surface area contributed by atoms with Gasteiger partial charge in [-0.2, -0.15) is 5.10 Å². The van der Waals surface area contributed by atoms with E-state index in [1.165, 1.54) is 32.6 Å². The molecule has 2 heterocycles. The maximum absolute atomic E-state index is 13.5. The maximum Gasteiger partial charge on any atom is 0.283 e. The topological polar surface area (TPSA) is 93.6 Å². The van der Waals surface area contributed by atoms with Crippen molar-refractivity contribution in [3.63, 3.8) is 0 Å². The first-order valence-electron chi connectivity index (χ1n) is 10.4. The third kappa shape index (κ3) is 4.76. The maximum atomic E-state index is 13.5. The highest BCUT2D eigenvalue weighted by molar-refractivity contribution is 5.98. The molecular weight excluding hydrogens is 439 g/mol. The van der Waals surface area contributed by atoms with E-state index < -0.39 is 0 Å². The lowest BCUT2D eigenvalue weighted by atomic mass is 10.0. The Morgan fingerprint density at radius 3 is 2.44 bits per heavy atom. The molecule has 10 heteroatoms. The van der Waals surface area contributed by atoms with Crippen LogP contribution < -0.4 is 9.64 Å². The summed E-state index contributed by atoms with van der Waals surface area (Å²) in [7, 11) is 4.71. The molecule has 0 aliphatic rings. The van der Waals surface area contributed by atoms with Crippen LogP contribution in [0.1, 0.15) is 5.69 Å². The number of aromatic nitrogens is 4. The highest BCUT2D eigenvalue weighted by Crippen LogP contribution is 2.36. The third-order valence-corrected chi connectivity index (χ3v) is 5.28. The molecule has 34 heavy (non-hydrogen) atoms. The molecule has 0 atom stereocenters. The van der Waals surface area contributed by atoms with Gasteiger partial charge in [0.1, 0.15) is 29.2 Å². The van der Waals surface area contributed by atoms with Crippen LogP contribution in [0.25, 0.3) is 22.0 Å². The van der Waals surface area contributed by atoms with Crippen LogP contribution >= 0.6 is 0 Å². The van der Waals surface area contributed by atoms with Crippen molar-refractivity contribution in [1.29, 1.82) is 0 Å². The van der Waals surface area contributed by atoms with E-state index in [2.05, 4.69) is 20.2 Å². The number of anilines is 2.